The zero-order chi connectivity index (χ0) is 22.0. The maximum Gasteiger partial charge on any atom is 0.322 e. The van der Waals surface area contributed by atoms with Crippen molar-refractivity contribution in [3.8, 4) is 0 Å². The monoisotopic (exact) mass is 419 g/mol. The number of carbonyl (C=O) groups excluding carboxylic acids is 2. The number of halogens is 3. The summed E-state index contributed by atoms with van der Waals surface area (Å²) < 4.78 is 40.9. The van der Waals surface area contributed by atoms with Gasteiger partial charge in [-0.25, -0.2) is 18.0 Å². The number of hydrogen-bond donors (Lipinski definition) is 2. The number of nitrogens with one attached hydrogen (secondary N) is 2. The van der Waals surface area contributed by atoms with Crippen LogP contribution in [0.5, 0.6) is 0 Å². The molecule has 3 amide bonds. The fraction of sp³-hybridized carbons (Fsp3) is 0.364. The van der Waals surface area contributed by atoms with Gasteiger partial charge in [-0.15, -0.1) is 0 Å². The summed E-state index contributed by atoms with van der Waals surface area (Å²) in [4.78, 5) is 27.1. The summed E-state index contributed by atoms with van der Waals surface area (Å²) in [6, 6.07) is 5.18. The molecule has 0 bridgehead atoms. The number of anilines is 1. The van der Waals surface area contributed by atoms with Crippen LogP contribution in [-0.2, 0) is 11.3 Å². The summed E-state index contributed by atoms with van der Waals surface area (Å²) in [5.74, 6) is -2.28. The molecule has 2 atom stereocenters. The lowest BCUT2D eigenvalue weighted by Gasteiger charge is -2.36. The highest BCUT2D eigenvalue weighted by molar-refractivity contribution is 5.96. The van der Waals surface area contributed by atoms with Crippen LogP contribution in [-0.4, -0.2) is 22.9 Å². The molecule has 0 saturated heterocycles. The molecule has 160 valence electrons. The summed E-state index contributed by atoms with van der Waals surface area (Å²) >= 11 is 0. The molecule has 2 aromatic rings. The highest BCUT2D eigenvalue weighted by atomic mass is 19.1. The Morgan fingerprint density at radius 1 is 1.10 bits per heavy atom. The molecule has 3 rings (SSSR count). The fourth-order valence-corrected chi connectivity index (χ4v) is 3.57. The Balaban J connectivity index is 1.83. The largest absolute Gasteiger partial charge is 0.348 e. The number of amides is 3. The van der Waals surface area contributed by atoms with Crippen molar-refractivity contribution >= 4 is 17.6 Å². The van der Waals surface area contributed by atoms with Gasteiger partial charge in [-0.2, -0.15) is 0 Å². The van der Waals surface area contributed by atoms with Gasteiger partial charge in [0, 0.05) is 17.3 Å². The molecule has 0 radical (unpaired) electrons. The van der Waals surface area contributed by atoms with Crippen LogP contribution in [0.2, 0.25) is 0 Å². The van der Waals surface area contributed by atoms with Crippen LogP contribution in [0.1, 0.15) is 44.4 Å². The Labute approximate surface area is 173 Å². The molecule has 2 N–H and O–H groups in total. The van der Waals surface area contributed by atoms with Crippen molar-refractivity contribution in [2.75, 3.05) is 5.32 Å². The van der Waals surface area contributed by atoms with Gasteiger partial charge in [0.1, 0.15) is 23.5 Å². The Kier molecular flexibility index (Phi) is 6.34. The van der Waals surface area contributed by atoms with Crippen LogP contribution in [0, 0.1) is 23.4 Å². The standard InChI is InChI=1S/C22H24F3N3O2/c1-12(2)8-20(21(29)26-13(3)17-6-4-16(24)10-18(17)25)28-11-14-9-15(23)5-7-19(14)27-22(28)30/h4-7,9-10,12-13,20H,8,11H2,1-3H3,(H,26,29)(H,27,30)/t13?,20-/m1/s1. The molecular formula is C22H24F3N3O2. The third kappa shape index (κ3) is 4.75. The quantitative estimate of drug-likeness (QED) is 0.710. The van der Waals surface area contributed by atoms with E-state index in [0.29, 0.717) is 17.7 Å². The molecule has 1 unspecified atom stereocenters. The number of rotatable bonds is 6. The van der Waals surface area contributed by atoms with Crippen molar-refractivity contribution in [3.63, 3.8) is 0 Å². The van der Waals surface area contributed by atoms with E-state index in [0.717, 1.165) is 12.1 Å². The molecule has 0 aliphatic carbocycles. The van der Waals surface area contributed by atoms with Crippen LogP contribution < -0.4 is 10.6 Å². The second-order valence-corrected chi connectivity index (χ2v) is 7.90. The lowest BCUT2D eigenvalue weighted by Crippen LogP contribution is -2.53. The summed E-state index contributed by atoms with van der Waals surface area (Å²) in [6.07, 6.45) is 0.364. The molecular weight excluding hydrogens is 395 g/mol. The van der Waals surface area contributed by atoms with Crippen molar-refractivity contribution in [1.29, 1.82) is 0 Å². The number of benzene rings is 2. The molecule has 0 spiro atoms. The summed E-state index contributed by atoms with van der Waals surface area (Å²) in [6.45, 7) is 5.49. The lowest BCUT2D eigenvalue weighted by atomic mass is 9.99. The number of hydrogen-bond acceptors (Lipinski definition) is 2. The normalized spacial score (nSPS) is 15.4. The highest BCUT2D eigenvalue weighted by Crippen LogP contribution is 2.28. The molecule has 0 saturated carbocycles. The van der Waals surface area contributed by atoms with Gasteiger partial charge in [0.25, 0.3) is 0 Å². The zero-order valence-electron chi connectivity index (χ0n) is 17.0. The molecule has 1 aliphatic heterocycles. The molecule has 1 aliphatic rings. The third-order valence-corrected chi connectivity index (χ3v) is 5.07. The van der Waals surface area contributed by atoms with Crippen LogP contribution in [0.4, 0.5) is 23.7 Å². The van der Waals surface area contributed by atoms with Crippen LogP contribution >= 0.6 is 0 Å². The van der Waals surface area contributed by atoms with E-state index < -0.39 is 41.5 Å². The minimum atomic E-state index is -0.840. The Morgan fingerprint density at radius 3 is 2.43 bits per heavy atom. The minimum Gasteiger partial charge on any atom is -0.348 e. The van der Waals surface area contributed by atoms with Gasteiger partial charge in [-0.3, -0.25) is 4.79 Å². The zero-order valence-corrected chi connectivity index (χ0v) is 17.0. The van der Waals surface area contributed by atoms with Crippen LogP contribution in [0.3, 0.4) is 0 Å². The van der Waals surface area contributed by atoms with Crippen molar-refractivity contribution < 1.29 is 22.8 Å². The van der Waals surface area contributed by atoms with Crippen LogP contribution in [0.25, 0.3) is 0 Å². The van der Waals surface area contributed by atoms with Crippen LogP contribution in [0.15, 0.2) is 36.4 Å². The first kappa shape index (κ1) is 21.7. The van der Waals surface area contributed by atoms with Gasteiger partial charge in [-0.1, -0.05) is 19.9 Å². The lowest BCUT2D eigenvalue weighted by molar-refractivity contribution is -0.126. The van der Waals surface area contributed by atoms with Crippen molar-refractivity contribution in [2.24, 2.45) is 5.92 Å². The van der Waals surface area contributed by atoms with Gasteiger partial charge >= 0.3 is 6.03 Å². The van der Waals surface area contributed by atoms with E-state index in [-0.39, 0.29) is 18.0 Å². The number of urea groups is 1. The van der Waals surface area contributed by atoms with E-state index in [2.05, 4.69) is 10.6 Å². The molecule has 1 heterocycles. The molecule has 0 fully saturated rings. The van der Waals surface area contributed by atoms with E-state index >= 15 is 0 Å². The second-order valence-electron chi connectivity index (χ2n) is 7.90. The predicted molar refractivity (Wildman–Crippen MR) is 107 cm³/mol. The third-order valence-electron chi connectivity index (χ3n) is 5.07. The first-order chi connectivity index (χ1) is 14.2. The SMILES string of the molecule is CC(C)C[C@H](C(=O)NC(C)c1ccc(F)cc1F)N1Cc2cc(F)ccc2NC1=O. The number of carbonyl (C=O) groups is 2. The van der Waals surface area contributed by atoms with Gasteiger partial charge in [0.05, 0.1) is 12.6 Å². The topological polar surface area (TPSA) is 61.4 Å². The summed E-state index contributed by atoms with van der Waals surface area (Å²) in [7, 11) is 0. The number of nitrogens with zero attached hydrogens (tertiary/aromatic N) is 1. The van der Waals surface area contributed by atoms with E-state index in [9.17, 15) is 22.8 Å². The first-order valence-corrected chi connectivity index (χ1v) is 9.77. The van der Waals surface area contributed by atoms with Crippen molar-refractivity contribution in [2.45, 2.75) is 45.8 Å². The van der Waals surface area contributed by atoms with Crippen molar-refractivity contribution in [3.05, 3.63) is 65.0 Å². The van der Waals surface area contributed by atoms with Gasteiger partial charge in [-0.05, 0) is 49.1 Å². The highest BCUT2D eigenvalue weighted by Gasteiger charge is 2.34. The molecule has 2 aromatic carbocycles. The van der Waals surface area contributed by atoms with E-state index in [4.69, 9.17) is 0 Å². The average Bonchev–Trinajstić information content (AvgIpc) is 2.65. The summed E-state index contributed by atoms with van der Waals surface area (Å²) in [5.41, 5.74) is 1.21. The van der Waals surface area contributed by atoms with E-state index in [1.165, 1.54) is 29.2 Å². The smallest absolute Gasteiger partial charge is 0.322 e. The summed E-state index contributed by atoms with van der Waals surface area (Å²) in [5, 5.41) is 5.40. The Hall–Kier alpha value is -3.03. The number of fused-ring (bicyclic) bond motifs is 1. The molecule has 0 aromatic heterocycles. The Bertz CT molecular complexity index is 965. The predicted octanol–water partition coefficient (Wildman–Crippen LogP) is 4.74. The first-order valence-electron chi connectivity index (χ1n) is 9.77. The maximum atomic E-state index is 14.1. The van der Waals surface area contributed by atoms with E-state index in [1.54, 1.807) is 6.92 Å². The van der Waals surface area contributed by atoms with E-state index in [1.807, 2.05) is 13.8 Å². The molecule has 8 heteroatoms. The maximum absolute atomic E-state index is 14.1. The fourth-order valence-electron chi connectivity index (χ4n) is 3.57. The minimum absolute atomic E-state index is 0.0724. The van der Waals surface area contributed by atoms with Crippen molar-refractivity contribution in [1.82, 2.24) is 10.2 Å². The molecule has 5 nitrogen and oxygen atoms in total. The average molecular weight is 419 g/mol. The van der Waals surface area contributed by atoms with Gasteiger partial charge in [0.15, 0.2) is 0 Å². The van der Waals surface area contributed by atoms with Gasteiger partial charge in [0.2, 0.25) is 5.91 Å². The Morgan fingerprint density at radius 2 is 1.77 bits per heavy atom. The van der Waals surface area contributed by atoms with Gasteiger partial charge < -0.3 is 15.5 Å². The molecule has 30 heavy (non-hydrogen) atoms. The second kappa shape index (κ2) is 8.77.